The molecule has 1 aromatic heterocycles. The monoisotopic (exact) mass is 494 g/mol. The van der Waals surface area contributed by atoms with Gasteiger partial charge in [-0.25, -0.2) is 9.37 Å². The second-order valence-corrected chi connectivity index (χ2v) is 6.10. The molecule has 0 saturated carbocycles. The van der Waals surface area contributed by atoms with E-state index >= 15 is 0 Å². The van der Waals surface area contributed by atoms with Gasteiger partial charge in [-0.1, -0.05) is 30.3 Å². The maximum absolute atomic E-state index is 13.2. The Balaban J connectivity index is 0.00000280. The summed E-state index contributed by atoms with van der Waals surface area (Å²) in [5, 5.41) is 6.46. The normalized spacial score (nSPS) is 11.0. The van der Waals surface area contributed by atoms with Gasteiger partial charge in [-0.3, -0.25) is 4.99 Å². The van der Waals surface area contributed by atoms with Gasteiger partial charge in [0.15, 0.2) is 5.96 Å². The van der Waals surface area contributed by atoms with E-state index in [1.165, 1.54) is 6.07 Å². The highest BCUT2D eigenvalue weighted by Crippen LogP contribution is 2.17. The summed E-state index contributed by atoms with van der Waals surface area (Å²) < 4.78 is 18.7. The summed E-state index contributed by atoms with van der Waals surface area (Å²) in [4.78, 5) is 8.69. The first kappa shape index (κ1) is 21.9. The number of rotatable bonds is 7. The summed E-state index contributed by atoms with van der Waals surface area (Å²) in [7, 11) is 1.72. The third-order valence-electron chi connectivity index (χ3n) is 4.06. The van der Waals surface area contributed by atoms with Crippen LogP contribution in [0.3, 0.4) is 0 Å². The van der Waals surface area contributed by atoms with Crippen LogP contribution in [0.25, 0.3) is 11.5 Å². The Bertz CT molecular complexity index is 883. The molecule has 0 aliphatic heterocycles. The van der Waals surface area contributed by atoms with Gasteiger partial charge in [0.05, 0.1) is 12.2 Å². The summed E-state index contributed by atoms with van der Waals surface area (Å²) in [5.41, 5.74) is 2.75. The molecule has 1 heterocycles. The number of guanidine groups is 1. The largest absolute Gasteiger partial charge is 0.444 e. The van der Waals surface area contributed by atoms with E-state index in [0.29, 0.717) is 18.4 Å². The second kappa shape index (κ2) is 11.4. The van der Waals surface area contributed by atoms with Crippen LogP contribution in [0.15, 0.2) is 70.3 Å². The van der Waals surface area contributed by atoms with Crippen LogP contribution < -0.4 is 10.6 Å². The minimum absolute atomic E-state index is 0. The Kier molecular flexibility index (Phi) is 8.93. The van der Waals surface area contributed by atoms with Gasteiger partial charge in [-0.2, -0.15) is 0 Å². The van der Waals surface area contributed by atoms with Crippen molar-refractivity contribution in [2.24, 2.45) is 4.99 Å². The van der Waals surface area contributed by atoms with E-state index in [9.17, 15) is 4.39 Å². The molecular formula is C21H24FIN4O. The van der Waals surface area contributed by atoms with Crippen molar-refractivity contribution < 1.29 is 8.81 Å². The van der Waals surface area contributed by atoms with E-state index in [0.717, 1.165) is 36.2 Å². The molecule has 0 fully saturated rings. The van der Waals surface area contributed by atoms with Crippen LogP contribution in [0.4, 0.5) is 4.39 Å². The second-order valence-electron chi connectivity index (χ2n) is 6.10. The van der Waals surface area contributed by atoms with Gasteiger partial charge >= 0.3 is 0 Å². The SMILES string of the molecule is CN=C(NCCCc1cccc(F)c1)NCc1coc(-c2ccccc2)n1.I. The van der Waals surface area contributed by atoms with Crippen molar-refractivity contribution in [1.82, 2.24) is 15.6 Å². The Labute approximate surface area is 181 Å². The quantitative estimate of drug-likeness (QED) is 0.221. The zero-order valence-electron chi connectivity index (χ0n) is 15.7. The average Bonchev–Trinajstić information content (AvgIpc) is 3.17. The van der Waals surface area contributed by atoms with E-state index < -0.39 is 0 Å². The molecule has 0 aliphatic rings. The fourth-order valence-corrected chi connectivity index (χ4v) is 2.69. The number of oxazole rings is 1. The Morgan fingerprint density at radius 3 is 2.68 bits per heavy atom. The summed E-state index contributed by atoms with van der Waals surface area (Å²) in [6, 6.07) is 16.5. The number of aromatic nitrogens is 1. The molecule has 0 unspecified atom stereocenters. The van der Waals surface area contributed by atoms with Crippen molar-refractivity contribution >= 4 is 29.9 Å². The highest BCUT2D eigenvalue weighted by atomic mass is 127. The van der Waals surface area contributed by atoms with Gasteiger partial charge in [-0.05, 0) is 42.7 Å². The van der Waals surface area contributed by atoms with Crippen LogP contribution in [0, 0.1) is 5.82 Å². The molecule has 0 aliphatic carbocycles. The van der Waals surface area contributed by atoms with Crippen molar-refractivity contribution in [3.8, 4) is 11.5 Å². The standard InChI is InChI=1S/C21H23FN4O.HI/c1-23-21(24-12-6-8-16-7-5-11-18(22)13-16)25-14-19-15-27-20(26-19)17-9-3-2-4-10-17;/h2-5,7,9-11,13,15H,6,8,12,14H2,1H3,(H2,23,24,25);1H. The zero-order valence-corrected chi connectivity index (χ0v) is 18.0. The van der Waals surface area contributed by atoms with E-state index in [4.69, 9.17) is 4.42 Å². The highest BCUT2D eigenvalue weighted by molar-refractivity contribution is 14.0. The third-order valence-corrected chi connectivity index (χ3v) is 4.06. The predicted octanol–water partition coefficient (Wildman–Crippen LogP) is 4.40. The number of nitrogens with one attached hydrogen (secondary N) is 2. The molecule has 0 radical (unpaired) electrons. The maximum Gasteiger partial charge on any atom is 0.226 e. The third kappa shape index (κ3) is 6.63. The Morgan fingerprint density at radius 2 is 1.93 bits per heavy atom. The molecular weight excluding hydrogens is 470 g/mol. The number of nitrogens with zero attached hydrogens (tertiary/aromatic N) is 2. The van der Waals surface area contributed by atoms with Crippen LogP contribution in [0.5, 0.6) is 0 Å². The number of hydrogen-bond acceptors (Lipinski definition) is 3. The lowest BCUT2D eigenvalue weighted by atomic mass is 10.1. The summed E-state index contributed by atoms with van der Waals surface area (Å²) >= 11 is 0. The fourth-order valence-electron chi connectivity index (χ4n) is 2.69. The minimum atomic E-state index is -0.194. The minimum Gasteiger partial charge on any atom is -0.444 e. The number of hydrogen-bond donors (Lipinski definition) is 2. The van der Waals surface area contributed by atoms with Gasteiger partial charge < -0.3 is 15.1 Å². The van der Waals surface area contributed by atoms with E-state index in [2.05, 4.69) is 20.6 Å². The van der Waals surface area contributed by atoms with Crippen LogP contribution >= 0.6 is 24.0 Å². The van der Waals surface area contributed by atoms with Crippen molar-refractivity contribution in [1.29, 1.82) is 0 Å². The van der Waals surface area contributed by atoms with E-state index in [-0.39, 0.29) is 29.8 Å². The molecule has 0 bridgehead atoms. The zero-order chi connectivity index (χ0) is 18.9. The molecule has 0 spiro atoms. The first-order chi connectivity index (χ1) is 13.2. The van der Waals surface area contributed by atoms with Crippen molar-refractivity contribution in [3.05, 3.63) is 77.9 Å². The first-order valence-corrected chi connectivity index (χ1v) is 8.93. The van der Waals surface area contributed by atoms with Crippen LogP contribution in [0.2, 0.25) is 0 Å². The average molecular weight is 494 g/mol. The molecule has 148 valence electrons. The smallest absolute Gasteiger partial charge is 0.226 e. The molecule has 2 aromatic carbocycles. The molecule has 2 N–H and O–H groups in total. The lowest BCUT2D eigenvalue weighted by Gasteiger charge is -2.10. The number of benzene rings is 2. The Morgan fingerprint density at radius 1 is 1.11 bits per heavy atom. The number of aliphatic imine (C=N–C) groups is 1. The molecule has 0 atom stereocenters. The molecule has 5 nitrogen and oxygen atoms in total. The van der Waals surface area contributed by atoms with E-state index in [1.807, 2.05) is 36.4 Å². The predicted molar refractivity (Wildman–Crippen MR) is 120 cm³/mol. The van der Waals surface area contributed by atoms with Crippen LogP contribution in [-0.4, -0.2) is 24.5 Å². The molecule has 3 aromatic rings. The first-order valence-electron chi connectivity index (χ1n) is 8.93. The van der Waals surface area contributed by atoms with Gasteiger partial charge in [0, 0.05) is 19.2 Å². The lowest BCUT2D eigenvalue weighted by molar-refractivity contribution is 0.572. The van der Waals surface area contributed by atoms with Gasteiger partial charge in [0.2, 0.25) is 5.89 Å². The molecule has 7 heteroatoms. The Hall–Kier alpha value is -2.42. The number of halogens is 2. The fraction of sp³-hybridized carbons (Fsp3) is 0.238. The van der Waals surface area contributed by atoms with Crippen LogP contribution in [-0.2, 0) is 13.0 Å². The van der Waals surface area contributed by atoms with Crippen molar-refractivity contribution in [3.63, 3.8) is 0 Å². The summed E-state index contributed by atoms with van der Waals surface area (Å²) in [6.45, 7) is 1.25. The topological polar surface area (TPSA) is 62.5 Å². The van der Waals surface area contributed by atoms with Gasteiger partial charge in [0.1, 0.15) is 12.1 Å². The summed E-state index contributed by atoms with van der Waals surface area (Å²) in [5.74, 6) is 1.10. The van der Waals surface area contributed by atoms with Gasteiger partial charge in [0.25, 0.3) is 0 Å². The maximum atomic E-state index is 13.2. The number of aryl methyl sites for hydroxylation is 1. The molecule has 3 rings (SSSR count). The summed E-state index contributed by atoms with van der Waals surface area (Å²) in [6.07, 6.45) is 3.34. The van der Waals surface area contributed by atoms with E-state index in [1.54, 1.807) is 25.4 Å². The molecule has 0 amide bonds. The van der Waals surface area contributed by atoms with Crippen molar-refractivity contribution in [2.75, 3.05) is 13.6 Å². The van der Waals surface area contributed by atoms with Gasteiger partial charge in [-0.15, -0.1) is 24.0 Å². The van der Waals surface area contributed by atoms with Crippen LogP contribution in [0.1, 0.15) is 17.7 Å². The molecule has 28 heavy (non-hydrogen) atoms. The lowest BCUT2D eigenvalue weighted by Crippen LogP contribution is -2.37. The molecule has 0 saturated heterocycles. The highest BCUT2D eigenvalue weighted by Gasteiger charge is 2.07. The van der Waals surface area contributed by atoms with Crippen molar-refractivity contribution in [2.45, 2.75) is 19.4 Å².